The molecule has 4 nitrogen and oxygen atoms in total. The van der Waals surface area contributed by atoms with Crippen molar-refractivity contribution in [3.8, 4) is 6.07 Å². The van der Waals surface area contributed by atoms with Crippen LogP contribution in [0.15, 0.2) is 42.2 Å². The number of rotatable bonds is 5. The molecule has 1 rings (SSSR count). The monoisotopic (exact) mass is 230 g/mol. The SMILES string of the molecule is CCOC=C(C#N)C(=O)NCc1ccccc1. The molecule has 0 radical (unpaired) electrons. The van der Waals surface area contributed by atoms with Gasteiger partial charge in [-0.05, 0) is 12.5 Å². The smallest absolute Gasteiger partial charge is 0.265 e. The molecule has 0 spiro atoms. The molecule has 1 N–H and O–H groups in total. The van der Waals surface area contributed by atoms with E-state index in [0.717, 1.165) is 5.56 Å². The molecule has 0 atom stereocenters. The van der Waals surface area contributed by atoms with Crippen LogP contribution in [0.3, 0.4) is 0 Å². The minimum absolute atomic E-state index is 0.0252. The number of nitriles is 1. The minimum Gasteiger partial charge on any atom is -0.500 e. The van der Waals surface area contributed by atoms with E-state index in [-0.39, 0.29) is 5.57 Å². The molecule has 0 fully saturated rings. The Morgan fingerprint density at radius 3 is 2.76 bits per heavy atom. The van der Waals surface area contributed by atoms with Gasteiger partial charge in [-0.1, -0.05) is 30.3 Å². The molecular formula is C13H14N2O2. The predicted molar refractivity (Wildman–Crippen MR) is 63.6 cm³/mol. The van der Waals surface area contributed by atoms with E-state index >= 15 is 0 Å². The van der Waals surface area contributed by atoms with E-state index in [0.29, 0.717) is 13.2 Å². The summed E-state index contributed by atoms with van der Waals surface area (Å²) >= 11 is 0. The van der Waals surface area contributed by atoms with Crippen molar-refractivity contribution >= 4 is 5.91 Å². The third-order valence-corrected chi connectivity index (χ3v) is 2.03. The summed E-state index contributed by atoms with van der Waals surface area (Å²) in [5.41, 5.74) is 0.956. The van der Waals surface area contributed by atoms with Crippen LogP contribution in [0.4, 0.5) is 0 Å². The molecule has 1 aromatic rings. The summed E-state index contributed by atoms with van der Waals surface area (Å²) in [7, 11) is 0. The number of nitrogens with one attached hydrogen (secondary N) is 1. The number of carbonyl (C=O) groups excluding carboxylic acids is 1. The second-order valence-corrected chi connectivity index (χ2v) is 3.27. The first-order chi connectivity index (χ1) is 8.27. The van der Waals surface area contributed by atoms with Gasteiger partial charge in [0.1, 0.15) is 12.3 Å². The Morgan fingerprint density at radius 1 is 1.47 bits per heavy atom. The van der Waals surface area contributed by atoms with Gasteiger partial charge in [0.25, 0.3) is 5.91 Å². The molecule has 0 bridgehead atoms. The molecule has 4 heteroatoms. The summed E-state index contributed by atoms with van der Waals surface area (Å²) in [6, 6.07) is 11.3. The minimum atomic E-state index is -0.426. The molecular weight excluding hydrogens is 216 g/mol. The topological polar surface area (TPSA) is 62.1 Å². The molecule has 17 heavy (non-hydrogen) atoms. The van der Waals surface area contributed by atoms with Crippen LogP contribution in [0.1, 0.15) is 12.5 Å². The predicted octanol–water partition coefficient (Wildman–Crippen LogP) is 1.75. The molecule has 0 saturated carbocycles. The van der Waals surface area contributed by atoms with Gasteiger partial charge in [-0.2, -0.15) is 5.26 Å². The van der Waals surface area contributed by atoms with Gasteiger partial charge in [0.2, 0.25) is 0 Å². The van der Waals surface area contributed by atoms with E-state index in [1.54, 1.807) is 13.0 Å². The Hall–Kier alpha value is -2.28. The number of carbonyl (C=O) groups is 1. The van der Waals surface area contributed by atoms with Gasteiger partial charge < -0.3 is 10.1 Å². The molecule has 0 unspecified atom stereocenters. The molecule has 0 aromatic heterocycles. The second kappa shape index (κ2) is 7.07. The molecule has 0 heterocycles. The van der Waals surface area contributed by atoms with Crippen molar-refractivity contribution in [2.75, 3.05) is 6.61 Å². The number of ether oxygens (including phenoxy) is 1. The molecule has 0 saturated heterocycles. The summed E-state index contributed by atoms with van der Waals surface area (Å²) < 4.78 is 4.91. The molecule has 0 aliphatic heterocycles. The fraction of sp³-hybridized carbons (Fsp3) is 0.231. The largest absolute Gasteiger partial charge is 0.500 e. The van der Waals surface area contributed by atoms with E-state index in [2.05, 4.69) is 5.32 Å². The van der Waals surface area contributed by atoms with E-state index in [4.69, 9.17) is 10.00 Å². The lowest BCUT2D eigenvalue weighted by Crippen LogP contribution is -2.24. The molecule has 0 aliphatic carbocycles. The lowest BCUT2D eigenvalue weighted by atomic mass is 10.2. The maximum absolute atomic E-state index is 11.6. The fourth-order valence-corrected chi connectivity index (χ4v) is 1.17. The highest BCUT2D eigenvalue weighted by Crippen LogP contribution is 1.99. The third-order valence-electron chi connectivity index (χ3n) is 2.03. The quantitative estimate of drug-likeness (QED) is 0.476. The Labute approximate surface area is 101 Å². The summed E-state index contributed by atoms with van der Waals surface area (Å²) in [6.07, 6.45) is 1.18. The van der Waals surface area contributed by atoms with E-state index in [1.807, 2.05) is 30.3 Å². The normalized spacial score (nSPS) is 10.5. The van der Waals surface area contributed by atoms with Crippen LogP contribution in [-0.2, 0) is 16.1 Å². The zero-order valence-electron chi connectivity index (χ0n) is 9.64. The van der Waals surface area contributed by atoms with Gasteiger partial charge in [0, 0.05) is 6.54 Å². The molecule has 0 aliphatic rings. The highest BCUT2D eigenvalue weighted by atomic mass is 16.5. The van der Waals surface area contributed by atoms with Crippen LogP contribution < -0.4 is 5.32 Å². The first-order valence-corrected chi connectivity index (χ1v) is 5.32. The lowest BCUT2D eigenvalue weighted by molar-refractivity contribution is -0.117. The number of hydrogen-bond donors (Lipinski definition) is 1. The first kappa shape index (κ1) is 12.8. The molecule has 1 amide bonds. The first-order valence-electron chi connectivity index (χ1n) is 5.32. The summed E-state index contributed by atoms with van der Waals surface area (Å²) in [6.45, 7) is 2.61. The van der Waals surface area contributed by atoms with Gasteiger partial charge >= 0.3 is 0 Å². The lowest BCUT2D eigenvalue weighted by Gasteiger charge is -2.04. The second-order valence-electron chi connectivity index (χ2n) is 3.27. The van der Waals surface area contributed by atoms with Crippen molar-refractivity contribution < 1.29 is 9.53 Å². The van der Waals surface area contributed by atoms with Crippen molar-refractivity contribution in [3.05, 3.63) is 47.7 Å². The number of amides is 1. The van der Waals surface area contributed by atoms with Crippen LogP contribution >= 0.6 is 0 Å². The van der Waals surface area contributed by atoms with Gasteiger partial charge in [-0.3, -0.25) is 4.79 Å². The Bertz CT molecular complexity index is 432. The summed E-state index contributed by atoms with van der Waals surface area (Å²) in [5.74, 6) is -0.426. The third kappa shape index (κ3) is 4.39. The Balaban J connectivity index is 2.52. The molecule has 1 aromatic carbocycles. The fourth-order valence-electron chi connectivity index (χ4n) is 1.17. The van der Waals surface area contributed by atoms with Crippen LogP contribution in [0, 0.1) is 11.3 Å². The average Bonchev–Trinajstić information content (AvgIpc) is 2.38. The van der Waals surface area contributed by atoms with Crippen molar-refractivity contribution in [2.45, 2.75) is 13.5 Å². The maximum atomic E-state index is 11.6. The highest BCUT2D eigenvalue weighted by Gasteiger charge is 2.08. The number of nitrogens with zero attached hydrogens (tertiary/aromatic N) is 1. The van der Waals surface area contributed by atoms with Crippen LogP contribution in [-0.4, -0.2) is 12.5 Å². The van der Waals surface area contributed by atoms with Gasteiger partial charge in [-0.15, -0.1) is 0 Å². The van der Waals surface area contributed by atoms with E-state index in [9.17, 15) is 4.79 Å². The van der Waals surface area contributed by atoms with Crippen molar-refractivity contribution in [2.24, 2.45) is 0 Å². The van der Waals surface area contributed by atoms with Crippen molar-refractivity contribution in [3.63, 3.8) is 0 Å². The van der Waals surface area contributed by atoms with Gasteiger partial charge in [0.15, 0.2) is 5.57 Å². The number of benzene rings is 1. The Morgan fingerprint density at radius 2 is 2.18 bits per heavy atom. The maximum Gasteiger partial charge on any atom is 0.265 e. The van der Waals surface area contributed by atoms with E-state index in [1.165, 1.54) is 6.26 Å². The Kier molecular flexibility index (Phi) is 5.32. The van der Waals surface area contributed by atoms with Gasteiger partial charge in [0.05, 0.1) is 6.61 Å². The summed E-state index contributed by atoms with van der Waals surface area (Å²) in [4.78, 5) is 11.6. The van der Waals surface area contributed by atoms with E-state index < -0.39 is 5.91 Å². The van der Waals surface area contributed by atoms with Gasteiger partial charge in [-0.25, -0.2) is 0 Å². The van der Waals surface area contributed by atoms with Crippen molar-refractivity contribution in [1.82, 2.24) is 5.32 Å². The standard InChI is InChI=1S/C13H14N2O2/c1-2-17-10-12(8-14)13(16)15-9-11-6-4-3-5-7-11/h3-7,10H,2,9H2,1H3,(H,15,16). The zero-order valence-corrected chi connectivity index (χ0v) is 9.64. The van der Waals surface area contributed by atoms with Crippen LogP contribution in [0.25, 0.3) is 0 Å². The van der Waals surface area contributed by atoms with Crippen LogP contribution in [0.2, 0.25) is 0 Å². The molecule has 88 valence electrons. The van der Waals surface area contributed by atoms with Crippen LogP contribution in [0.5, 0.6) is 0 Å². The zero-order chi connectivity index (χ0) is 12.5. The highest BCUT2D eigenvalue weighted by molar-refractivity contribution is 5.96. The summed E-state index contributed by atoms with van der Waals surface area (Å²) in [5, 5.41) is 11.4. The average molecular weight is 230 g/mol. The number of hydrogen-bond acceptors (Lipinski definition) is 3. The van der Waals surface area contributed by atoms with Crippen molar-refractivity contribution in [1.29, 1.82) is 5.26 Å².